The maximum Gasteiger partial charge on any atom is 0.242 e. The second-order valence-corrected chi connectivity index (χ2v) is 3.51. The largest absolute Gasteiger partial charge is 0.310 e. The third-order valence-corrected chi connectivity index (χ3v) is 1.94. The Kier molecular flexibility index (Phi) is 3.40. The number of hydrogen-bond acceptors (Lipinski definition) is 3. The van der Waals surface area contributed by atoms with Crippen molar-refractivity contribution in [3.8, 4) is 6.07 Å². The lowest BCUT2D eigenvalue weighted by atomic mass is 10.2. The summed E-state index contributed by atoms with van der Waals surface area (Å²) < 4.78 is 0. The molecule has 0 aliphatic heterocycles. The molecule has 1 unspecified atom stereocenters. The van der Waals surface area contributed by atoms with Gasteiger partial charge in [0.25, 0.3) is 0 Å². The Hall–Kier alpha value is -1.89. The first-order valence-corrected chi connectivity index (χ1v) is 4.68. The fourth-order valence-corrected chi connectivity index (χ4v) is 1.20. The lowest BCUT2D eigenvalue weighted by molar-refractivity contribution is -0.117. The van der Waals surface area contributed by atoms with Crippen LogP contribution in [0.4, 0.5) is 5.82 Å². The van der Waals surface area contributed by atoms with Gasteiger partial charge in [0, 0.05) is 5.69 Å². The summed E-state index contributed by atoms with van der Waals surface area (Å²) in [5.41, 5.74) is 1.87. The van der Waals surface area contributed by atoms with Gasteiger partial charge in [0.2, 0.25) is 5.91 Å². The minimum Gasteiger partial charge on any atom is -0.310 e. The SMILES string of the molecule is Cc1cc(C)nc(NC(=O)C(C)C#N)c1. The molecule has 1 amide bonds. The molecule has 0 radical (unpaired) electrons. The summed E-state index contributed by atoms with van der Waals surface area (Å²) in [7, 11) is 0. The van der Waals surface area contributed by atoms with E-state index in [1.165, 1.54) is 0 Å². The van der Waals surface area contributed by atoms with Crippen LogP contribution in [0.25, 0.3) is 0 Å². The van der Waals surface area contributed by atoms with E-state index in [4.69, 9.17) is 5.26 Å². The molecular weight excluding hydrogens is 190 g/mol. The second kappa shape index (κ2) is 4.56. The summed E-state index contributed by atoms with van der Waals surface area (Å²) in [5.74, 6) is -0.484. The Bertz CT molecular complexity index is 400. The summed E-state index contributed by atoms with van der Waals surface area (Å²) in [4.78, 5) is 15.5. The number of carbonyl (C=O) groups excluding carboxylic acids is 1. The first-order chi connectivity index (χ1) is 7.02. The lowest BCUT2D eigenvalue weighted by Crippen LogP contribution is -2.19. The van der Waals surface area contributed by atoms with Crippen molar-refractivity contribution in [1.29, 1.82) is 5.26 Å². The van der Waals surface area contributed by atoms with Gasteiger partial charge in [-0.3, -0.25) is 4.79 Å². The molecule has 1 rings (SSSR count). The van der Waals surface area contributed by atoms with E-state index >= 15 is 0 Å². The van der Waals surface area contributed by atoms with Crippen LogP contribution in [0.5, 0.6) is 0 Å². The minimum atomic E-state index is -0.660. The van der Waals surface area contributed by atoms with Crippen molar-refractivity contribution in [3.05, 3.63) is 23.4 Å². The predicted molar refractivity (Wildman–Crippen MR) is 57.1 cm³/mol. The standard InChI is InChI=1S/C11H13N3O/c1-7-4-9(3)13-10(5-7)14-11(15)8(2)6-12/h4-5,8H,1-3H3,(H,13,14,15). The van der Waals surface area contributed by atoms with E-state index in [1.807, 2.05) is 26.0 Å². The molecule has 1 aromatic heterocycles. The van der Waals surface area contributed by atoms with E-state index in [1.54, 1.807) is 13.0 Å². The maximum atomic E-state index is 11.4. The third-order valence-electron chi connectivity index (χ3n) is 1.94. The van der Waals surface area contributed by atoms with Crippen molar-refractivity contribution in [2.24, 2.45) is 5.92 Å². The van der Waals surface area contributed by atoms with E-state index in [2.05, 4.69) is 10.3 Å². The number of carbonyl (C=O) groups is 1. The quantitative estimate of drug-likeness (QED) is 0.796. The number of nitrogens with zero attached hydrogens (tertiary/aromatic N) is 2. The average Bonchev–Trinajstić information content (AvgIpc) is 2.14. The van der Waals surface area contributed by atoms with Gasteiger partial charge in [0.05, 0.1) is 6.07 Å². The number of pyridine rings is 1. The normalized spacial score (nSPS) is 11.6. The van der Waals surface area contributed by atoms with E-state index in [9.17, 15) is 4.79 Å². The Morgan fingerprint density at radius 3 is 2.73 bits per heavy atom. The van der Waals surface area contributed by atoms with Gasteiger partial charge in [-0.1, -0.05) is 0 Å². The molecule has 1 N–H and O–H groups in total. The van der Waals surface area contributed by atoms with E-state index < -0.39 is 5.92 Å². The number of nitrogens with one attached hydrogen (secondary N) is 1. The first-order valence-electron chi connectivity index (χ1n) is 4.68. The Morgan fingerprint density at radius 1 is 1.53 bits per heavy atom. The zero-order valence-electron chi connectivity index (χ0n) is 9.03. The average molecular weight is 203 g/mol. The van der Waals surface area contributed by atoms with Crippen LogP contribution in [0.3, 0.4) is 0 Å². The molecule has 1 heterocycles. The van der Waals surface area contributed by atoms with Crippen molar-refractivity contribution in [1.82, 2.24) is 4.98 Å². The molecule has 0 aliphatic rings. The molecule has 15 heavy (non-hydrogen) atoms. The molecule has 0 aliphatic carbocycles. The molecule has 0 aromatic carbocycles. The van der Waals surface area contributed by atoms with Crippen molar-refractivity contribution in [2.75, 3.05) is 5.32 Å². The van der Waals surface area contributed by atoms with Crippen LogP contribution in [0.1, 0.15) is 18.2 Å². The fraction of sp³-hybridized carbons (Fsp3) is 0.364. The molecule has 1 aromatic rings. The number of aromatic nitrogens is 1. The number of anilines is 1. The highest BCUT2D eigenvalue weighted by molar-refractivity contribution is 5.93. The van der Waals surface area contributed by atoms with E-state index in [0.717, 1.165) is 11.3 Å². The highest BCUT2D eigenvalue weighted by atomic mass is 16.1. The van der Waals surface area contributed by atoms with Gasteiger partial charge in [-0.15, -0.1) is 0 Å². The van der Waals surface area contributed by atoms with Crippen LogP contribution in [0.15, 0.2) is 12.1 Å². The first kappa shape index (κ1) is 11.2. The summed E-state index contributed by atoms with van der Waals surface area (Å²) in [6.07, 6.45) is 0. The van der Waals surface area contributed by atoms with Crippen LogP contribution < -0.4 is 5.32 Å². The molecule has 78 valence electrons. The second-order valence-electron chi connectivity index (χ2n) is 3.51. The lowest BCUT2D eigenvalue weighted by Gasteiger charge is -2.07. The van der Waals surface area contributed by atoms with Gasteiger partial charge in [0.1, 0.15) is 11.7 Å². The number of hydrogen-bond donors (Lipinski definition) is 1. The van der Waals surface area contributed by atoms with Crippen LogP contribution in [0, 0.1) is 31.1 Å². The molecule has 1 atom stereocenters. The number of rotatable bonds is 2. The third kappa shape index (κ3) is 3.06. The molecule has 0 spiro atoms. The molecule has 4 nitrogen and oxygen atoms in total. The van der Waals surface area contributed by atoms with Gasteiger partial charge >= 0.3 is 0 Å². The van der Waals surface area contributed by atoms with Crippen LogP contribution >= 0.6 is 0 Å². The molecule has 4 heteroatoms. The Morgan fingerprint density at radius 2 is 2.20 bits per heavy atom. The topological polar surface area (TPSA) is 65.8 Å². The highest BCUT2D eigenvalue weighted by Gasteiger charge is 2.12. The van der Waals surface area contributed by atoms with Crippen LogP contribution in [-0.4, -0.2) is 10.9 Å². The summed E-state index contributed by atoms with van der Waals surface area (Å²) in [6, 6.07) is 5.57. The predicted octanol–water partition coefficient (Wildman–Crippen LogP) is 1.80. The highest BCUT2D eigenvalue weighted by Crippen LogP contribution is 2.10. The van der Waals surface area contributed by atoms with Gasteiger partial charge in [-0.05, 0) is 38.5 Å². The molecule has 0 bridgehead atoms. The van der Waals surface area contributed by atoms with Gasteiger partial charge in [-0.25, -0.2) is 4.98 Å². The monoisotopic (exact) mass is 203 g/mol. The minimum absolute atomic E-state index is 0.324. The van der Waals surface area contributed by atoms with Crippen molar-refractivity contribution in [2.45, 2.75) is 20.8 Å². The summed E-state index contributed by atoms with van der Waals surface area (Å²) >= 11 is 0. The van der Waals surface area contributed by atoms with E-state index in [0.29, 0.717) is 5.82 Å². The Balaban J connectivity index is 2.82. The number of aryl methyl sites for hydroxylation is 2. The molecule has 0 saturated carbocycles. The van der Waals surface area contributed by atoms with Crippen molar-refractivity contribution < 1.29 is 4.79 Å². The van der Waals surface area contributed by atoms with Crippen LogP contribution in [0.2, 0.25) is 0 Å². The maximum absolute atomic E-state index is 11.4. The van der Waals surface area contributed by atoms with Gasteiger partial charge < -0.3 is 5.32 Å². The summed E-state index contributed by atoms with van der Waals surface area (Å²) in [6.45, 7) is 5.34. The van der Waals surface area contributed by atoms with E-state index in [-0.39, 0.29) is 5.91 Å². The Labute approximate surface area is 88.9 Å². The number of amides is 1. The van der Waals surface area contributed by atoms with Crippen molar-refractivity contribution in [3.63, 3.8) is 0 Å². The van der Waals surface area contributed by atoms with Crippen molar-refractivity contribution >= 4 is 11.7 Å². The summed E-state index contributed by atoms with van der Waals surface area (Å²) in [5, 5.41) is 11.2. The van der Waals surface area contributed by atoms with Crippen LogP contribution in [-0.2, 0) is 4.79 Å². The molecule has 0 fully saturated rings. The van der Waals surface area contributed by atoms with Gasteiger partial charge in [0.15, 0.2) is 0 Å². The van der Waals surface area contributed by atoms with Gasteiger partial charge in [-0.2, -0.15) is 5.26 Å². The zero-order chi connectivity index (χ0) is 11.4. The fourth-order valence-electron chi connectivity index (χ4n) is 1.20. The number of nitriles is 1. The smallest absolute Gasteiger partial charge is 0.242 e. The molecular formula is C11H13N3O. The zero-order valence-corrected chi connectivity index (χ0v) is 9.03. The molecule has 0 saturated heterocycles.